The molecule has 0 amide bonds. The highest BCUT2D eigenvalue weighted by molar-refractivity contribution is 5.76. The molecule has 1 aromatic carbocycles. The van der Waals surface area contributed by atoms with E-state index in [4.69, 9.17) is 9.15 Å². The van der Waals surface area contributed by atoms with Crippen LogP contribution in [0, 0.1) is 11.8 Å². The number of hydrogen-bond acceptors (Lipinski definition) is 4. The third kappa shape index (κ3) is 2.62. The molecule has 1 atom stereocenters. The van der Waals surface area contributed by atoms with Crippen molar-refractivity contribution >= 4 is 10.9 Å². The molecule has 1 aliphatic rings. The molecular weight excluding hydrogens is 242 g/mol. The second-order valence-corrected chi connectivity index (χ2v) is 5.10. The summed E-state index contributed by atoms with van der Waals surface area (Å²) in [6, 6.07) is 7.13. The summed E-state index contributed by atoms with van der Waals surface area (Å²) in [5.74, 6) is 1.32. The van der Waals surface area contributed by atoms with Gasteiger partial charge in [0.2, 0.25) is 0 Å². The smallest absolute Gasteiger partial charge is 0.397 e. The van der Waals surface area contributed by atoms with Gasteiger partial charge in [0.15, 0.2) is 0 Å². The van der Waals surface area contributed by atoms with Gasteiger partial charge in [0.25, 0.3) is 0 Å². The fourth-order valence-corrected chi connectivity index (χ4v) is 2.39. The second-order valence-electron chi connectivity index (χ2n) is 5.10. The van der Waals surface area contributed by atoms with E-state index >= 15 is 0 Å². The molecule has 2 aromatic rings. The van der Waals surface area contributed by atoms with E-state index in [1.54, 1.807) is 18.2 Å². The molecule has 4 heteroatoms. The van der Waals surface area contributed by atoms with Crippen molar-refractivity contribution in [3.05, 3.63) is 34.7 Å². The average Bonchev–Trinajstić information content (AvgIpc) is 3.24. The third-order valence-corrected chi connectivity index (χ3v) is 3.75. The Balaban J connectivity index is 1.79. The average molecular weight is 259 g/mol. The fourth-order valence-electron chi connectivity index (χ4n) is 2.39. The number of hydrogen-bond donors (Lipinski definition) is 0. The summed E-state index contributed by atoms with van der Waals surface area (Å²) in [6.07, 6.45) is 3.75. The van der Waals surface area contributed by atoms with Crippen LogP contribution in [-0.2, 0) is 0 Å². The first kappa shape index (κ1) is 12.2. The lowest BCUT2D eigenvalue weighted by atomic mass is 10.0. The first-order valence-corrected chi connectivity index (χ1v) is 6.80. The van der Waals surface area contributed by atoms with Crippen LogP contribution in [0.15, 0.2) is 33.5 Å². The summed E-state index contributed by atoms with van der Waals surface area (Å²) < 4.78 is 10.7. The second kappa shape index (κ2) is 5.03. The number of nitrogens with zero attached hydrogens (tertiary/aromatic N) is 1. The maximum atomic E-state index is 11.8. The van der Waals surface area contributed by atoms with Gasteiger partial charge in [-0.2, -0.15) is 4.98 Å². The highest BCUT2D eigenvalue weighted by Crippen LogP contribution is 2.38. The van der Waals surface area contributed by atoms with E-state index in [-0.39, 0.29) is 11.7 Å². The number of aromatic nitrogens is 1. The van der Waals surface area contributed by atoms with E-state index in [0.29, 0.717) is 23.4 Å². The van der Waals surface area contributed by atoms with Gasteiger partial charge in [-0.1, -0.05) is 19.1 Å². The molecule has 0 radical (unpaired) electrons. The lowest BCUT2D eigenvalue weighted by molar-refractivity contribution is 0.166. The number of para-hydroxylation sites is 1. The molecule has 0 aliphatic heterocycles. The summed E-state index contributed by atoms with van der Waals surface area (Å²) in [7, 11) is 0. The van der Waals surface area contributed by atoms with E-state index in [0.717, 1.165) is 12.3 Å². The van der Waals surface area contributed by atoms with Crippen molar-refractivity contribution in [2.45, 2.75) is 26.2 Å². The first-order chi connectivity index (χ1) is 9.28. The van der Waals surface area contributed by atoms with Crippen LogP contribution >= 0.6 is 0 Å². The van der Waals surface area contributed by atoms with E-state index in [1.165, 1.54) is 12.8 Å². The molecule has 1 unspecified atom stereocenters. The van der Waals surface area contributed by atoms with Gasteiger partial charge in [0, 0.05) is 0 Å². The maximum absolute atomic E-state index is 11.8. The van der Waals surface area contributed by atoms with E-state index in [2.05, 4.69) is 11.9 Å². The molecule has 1 heterocycles. The number of fused-ring (bicyclic) bond motifs is 1. The van der Waals surface area contributed by atoms with Gasteiger partial charge in [-0.15, -0.1) is 0 Å². The molecular formula is C15H17NO3. The molecule has 0 N–H and O–H groups in total. The van der Waals surface area contributed by atoms with Gasteiger partial charge in [-0.3, -0.25) is 0 Å². The van der Waals surface area contributed by atoms with Crippen molar-refractivity contribution in [3.63, 3.8) is 0 Å². The Morgan fingerprint density at radius 1 is 1.42 bits per heavy atom. The van der Waals surface area contributed by atoms with Crippen LogP contribution in [0.4, 0.5) is 0 Å². The predicted molar refractivity (Wildman–Crippen MR) is 72.3 cm³/mol. The van der Waals surface area contributed by atoms with Crippen molar-refractivity contribution in [2.24, 2.45) is 11.8 Å². The normalized spacial score (nSPS) is 16.5. The van der Waals surface area contributed by atoms with Crippen molar-refractivity contribution in [2.75, 3.05) is 6.61 Å². The SMILES string of the molecule is CCC(COc1nc2ccccc2c(=O)o1)C1CC1. The van der Waals surface area contributed by atoms with Gasteiger partial charge in [0.05, 0.1) is 17.5 Å². The zero-order valence-electron chi connectivity index (χ0n) is 11.0. The highest BCUT2D eigenvalue weighted by atomic mass is 16.6. The lowest BCUT2D eigenvalue weighted by Gasteiger charge is -2.13. The highest BCUT2D eigenvalue weighted by Gasteiger charge is 2.30. The van der Waals surface area contributed by atoms with Crippen LogP contribution in [0.2, 0.25) is 0 Å². The van der Waals surface area contributed by atoms with Gasteiger partial charge in [-0.05, 0) is 43.2 Å². The van der Waals surface area contributed by atoms with Crippen LogP contribution in [0.5, 0.6) is 6.08 Å². The molecule has 1 fully saturated rings. The van der Waals surface area contributed by atoms with Crippen LogP contribution in [0.3, 0.4) is 0 Å². The molecule has 0 bridgehead atoms. The van der Waals surface area contributed by atoms with Crippen molar-refractivity contribution < 1.29 is 9.15 Å². The standard InChI is InChI=1S/C15H17NO3/c1-2-10(11-7-8-11)9-18-15-16-13-6-4-3-5-12(13)14(17)19-15/h3-6,10-11H,2,7-9H2,1H3. The Hall–Kier alpha value is -1.84. The van der Waals surface area contributed by atoms with Crippen molar-refractivity contribution in [1.29, 1.82) is 0 Å². The van der Waals surface area contributed by atoms with E-state index in [1.807, 2.05) is 6.07 Å². The molecule has 4 nitrogen and oxygen atoms in total. The summed E-state index contributed by atoms with van der Waals surface area (Å²) in [5.41, 5.74) is 0.230. The summed E-state index contributed by atoms with van der Waals surface area (Å²) in [5, 5.41) is 0.490. The Kier molecular flexibility index (Phi) is 3.23. The van der Waals surface area contributed by atoms with Gasteiger partial charge >= 0.3 is 11.7 Å². The van der Waals surface area contributed by atoms with E-state index in [9.17, 15) is 4.79 Å². The van der Waals surface area contributed by atoms with E-state index < -0.39 is 0 Å². The minimum Gasteiger partial charge on any atom is -0.450 e. The van der Waals surface area contributed by atoms with Crippen LogP contribution in [0.25, 0.3) is 10.9 Å². The monoisotopic (exact) mass is 259 g/mol. The summed E-state index contributed by atoms with van der Waals surface area (Å²) in [6.45, 7) is 2.74. The van der Waals surface area contributed by atoms with Gasteiger partial charge in [0.1, 0.15) is 0 Å². The Labute approximate surface area is 111 Å². The van der Waals surface area contributed by atoms with Crippen LogP contribution < -0.4 is 10.4 Å². The molecule has 1 aromatic heterocycles. The minimum absolute atomic E-state index is 0.0859. The molecule has 19 heavy (non-hydrogen) atoms. The predicted octanol–water partition coefficient (Wildman–Crippen LogP) is 3.00. The lowest BCUT2D eigenvalue weighted by Crippen LogP contribution is -2.15. The largest absolute Gasteiger partial charge is 0.450 e. The fraction of sp³-hybridized carbons (Fsp3) is 0.467. The molecule has 100 valence electrons. The van der Waals surface area contributed by atoms with Gasteiger partial charge < -0.3 is 9.15 Å². The molecule has 1 saturated carbocycles. The summed E-state index contributed by atoms with van der Waals surface area (Å²) >= 11 is 0. The van der Waals surface area contributed by atoms with Crippen LogP contribution in [-0.4, -0.2) is 11.6 Å². The Morgan fingerprint density at radius 2 is 2.21 bits per heavy atom. The number of ether oxygens (including phenoxy) is 1. The number of rotatable bonds is 5. The molecule has 0 spiro atoms. The van der Waals surface area contributed by atoms with Crippen molar-refractivity contribution in [1.82, 2.24) is 4.98 Å². The zero-order chi connectivity index (χ0) is 13.2. The molecule has 3 rings (SSSR count). The summed E-state index contributed by atoms with van der Waals surface area (Å²) in [4.78, 5) is 16.0. The topological polar surface area (TPSA) is 52.3 Å². The minimum atomic E-state index is -0.389. The van der Waals surface area contributed by atoms with Crippen LogP contribution in [0.1, 0.15) is 26.2 Å². The third-order valence-electron chi connectivity index (χ3n) is 3.75. The molecule has 0 saturated heterocycles. The number of benzene rings is 1. The van der Waals surface area contributed by atoms with Crippen molar-refractivity contribution in [3.8, 4) is 6.08 Å². The maximum Gasteiger partial charge on any atom is 0.397 e. The molecule has 1 aliphatic carbocycles. The quantitative estimate of drug-likeness (QED) is 0.828. The Bertz CT molecular complexity index is 631. The Morgan fingerprint density at radius 3 is 2.95 bits per heavy atom. The first-order valence-electron chi connectivity index (χ1n) is 6.80. The van der Waals surface area contributed by atoms with Gasteiger partial charge in [-0.25, -0.2) is 4.79 Å². The zero-order valence-corrected chi connectivity index (χ0v) is 11.0.